The first-order valence-electron chi connectivity index (χ1n) is 25.3. The van der Waals surface area contributed by atoms with E-state index in [1.807, 2.05) is 12.2 Å². The van der Waals surface area contributed by atoms with E-state index in [0.29, 0.717) is 19.3 Å². The average Bonchev–Trinajstić information content (AvgIpc) is 3.24. The van der Waals surface area contributed by atoms with Crippen LogP contribution >= 0.6 is 0 Å². The van der Waals surface area contributed by atoms with Gasteiger partial charge in [0, 0.05) is 19.3 Å². The number of ether oxygens (including phenoxy) is 3. The van der Waals surface area contributed by atoms with E-state index >= 15 is 0 Å². The molecule has 0 aromatic heterocycles. The molecule has 0 bridgehead atoms. The van der Waals surface area contributed by atoms with Crippen molar-refractivity contribution < 1.29 is 28.6 Å². The SMILES string of the molecule is CC/C=C\C/C=C\C/C=C\C/C=C\CCC(=O)OC(COC(=O)CCCCCCCCCCCC)COC(=O)CCCCCCCCCCC/C=C\CCCCCCCC. The maximum Gasteiger partial charge on any atom is 0.306 e. The van der Waals surface area contributed by atoms with Gasteiger partial charge in [0.2, 0.25) is 0 Å². The summed E-state index contributed by atoms with van der Waals surface area (Å²) in [6, 6.07) is 0. The summed E-state index contributed by atoms with van der Waals surface area (Å²) in [5, 5.41) is 0. The Labute approximate surface area is 370 Å². The molecule has 0 heterocycles. The quantitative estimate of drug-likeness (QED) is 0.0263. The molecule has 0 aliphatic heterocycles. The third-order valence-corrected chi connectivity index (χ3v) is 10.8. The number of hydrogen-bond acceptors (Lipinski definition) is 6. The van der Waals surface area contributed by atoms with E-state index in [2.05, 4.69) is 69.4 Å². The number of unbranched alkanes of at least 4 members (excludes halogenated alkanes) is 24. The summed E-state index contributed by atoms with van der Waals surface area (Å²) in [7, 11) is 0. The second kappa shape index (κ2) is 48.8. The smallest absolute Gasteiger partial charge is 0.306 e. The second-order valence-electron chi connectivity index (χ2n) is 16.7. The zero-order valence-electron chi connectivity index (χ0n) is 39.5. The van der Waals surface area contributed by atoms with Crippen LogP contribution in [0.1, 0.15) is 245 Å². The first-order chi connectivity index (χ1) is 29.5. The molecule has 6 heteroatoms. The Morgan fingerprint density at radius 2 is 0.683 bits per heavy atom. The lowest BCUT2D eigenvalue weighted by atomic mass is 10.1. The number of hydrogen-bond donors (Lipinski definition) is 0. The van der Waals surface area contributed by atoms with Crippen molar-refractivity contribution in [3.05, 3.63) is 60.8 Å². The standard InChI is InChI=1S/C54H94O6/c1-4-7-10-13-16-19-22-24-25-26-27-28-29-31-32-35-38-41-44-47-53(56)59-50-51(49-58-52(55)46-43-40-37-34-21-18-15-12-9-6-3)60-54(57)48-45-42-39-36-33-30-23-20-17-14-11-8-5-2/h8,11,17,20,24-25,30,33,39,42,51H,4-7,9-10,12-16,18-19,21-23,26-29,31-32,34-38,40-41,43-50H2,1-3H3/b11-8-,20-17-,25-24-,33-30-,42-39-. The van der Waals surface area contributed by atoms with Gasteiger partial charge in [0.25, 0.3) is 0 Å². The van der Waals surface area contributed by atoms with E-state index in [-0.39, 0.29) is 37.5 Å². The lowest BCUT2D eigenvalue weighted by molar-refractivity contribution is -0.166. The van der Waals surface area contributed by atoms with E-state index in [0.717, 1.165) is 64.2 Å². The molecule has 0 radical (unpaired) electrons. The molecule has 0 aliphatic rings. The number of rotatable bonds is 45. The van der Waals surface area contributed by atoms with Crippen LogP contribution in [0, 0.1) is 0 Å². The second-order valence-corrected chi connectivity index (χ2v) is 16.7. The van der Waals surface area contributed by atoms with Crippen LogP contribution in [0.5, 0.6) is 0 Å². The van der Waals surface area contributed by atoms with Crippen LogP contribution in [0.4, 0.5) is 0 Å². The van der Waals surface area contributed by atoms with Gasteiger partial charge in [-0.05, 0) is 70.6 Å². The summed E-state index contributed by atoms with van der Waals surface area (Å²) in [5.41, 5.74) is 0. The Hall–Kier alpha value is -2.89. The summed E-state index contributed by atoms with van der Waals surface area (Å²) < 4.78 is 16.7. The van der Waals surface area contributed by atoms with E-state index in [4.69, 9.17) is 14.2 Å². The van der Waals surface area contributed by atoms with Gasteiger partial charge in [0.05, 0.1) is 0 Å². The van der Waals surface area contributed by atoms with Gasteiger partial charge in [0.1, 0.15) is 13.2 Å². The molecular weight excluding hydrogens is 745 g/mol. The molecule has 0 amide bonds. The fourth-order valence-electron chi connectivity index (χ4n) is 6.98. The Bertz CT molecular complexity index is 1100. The minimum atomic E-state index is -0.809. The first-order valence-corrected chi connectivity index (χ1v) is 25.3. The predicted molar refractivity (Wildman–Crippen MR) is 256 cm³/mol. The average molecular weight is 839 g/mol. The zero-order valence-corrected chi connectivity index (χ0v) is 39.5. The maximum absolute atomic E-state index is 12.7. The summed E-state index contributed by atoms with van der Waals surface area (Å²) in [4.78, 5) is 37.8. The largest absolute Gasteiger partial charge is 0.462 e. The Kier molecular flexibility index (Phi) is 46.4. The normalized spacial score (nSPS) is 12.5. The lowest BCUT2D eigenvalue weighted by Crippen LogP contribution is -2.30. The molecule has 1 unspecified atom stereocenters. The van der Waals surface area contributed by atoms with Gasteiger partial charge < -0.3 is 14.2 Å². The summed E-state index contributed by atoms with van der Waals surface area (Å²) in [6.45, 7) is 6.45. The van der Waals surface area contributed by atoms with Crippen LogP contribution in [0.2, 0.25) is 0 Å². The van der Waals surface area contributed by atoms with Crippen molar-refractivity contribution in [2.75, 3.05) is 13.2 Å². The molecular formula is C54H94O6. The molecule has 6 nitrogen and oxygen atoms in total. The number of carbonyl (C=O) groups excluding carboxylic acids is 3. The number of esters is 3. The molecule has 0 spiro atoms. The fourth-order valence-corrected chi connectivity index (χ4v) is 6.98. The van der Waals surface area contributed by atoms with Crippen molar-refractivity contribution in [2.24, 2.45) is 0 Å². The maximum atomic E-state index is 12.7. The van der Waals surface area contributed by atoms with Crippen molar-refractivity contribution in [3.8, 4) is 0 Å². The molecule has 0 saturated heterocycles. The lowest BCUT2D eigenvalue weighted by Gasteiger charge is -2.18. The van der Waals surface area contributed by atoms with Crippen molar-refractivity contribution in [3.63, 3.8) is 0 Å². The third kappa shape index (κ3) is 46.2. The summed E-state index contributed by atoms with van der Waals surface area (Å²) >= 11 is 0. The minimum absolute atomic E-state index is 0.102. The topological polar surface area (TPSA) is 78.9 Å². The molecule has 0 fully saturated rings. The Morgan fingerprint density at radius 1 is 0.350 bits per heavy atom. The fraction of sp³-hybridized carbons (Fsp3) is 0.759. The van der Waals surface area contributed by atoms with Gasteiger partial charge in [0.15, 0.2) is 6.10 Å². The van der Waals surface area contributed by atoms with E-state index in [1.165, 1.54) is 135 Å². The predicted octanol–water partition coefficient (Wildman–Crippen LogP) is 16.5. The number of carbonyl (C=O) groups is 3. The van der Waals surface area contributed by atoms with Crippen molar-refractivity contribution >= 4 is 17.9 Å². The molecule has 0 aromatic carbocycles. The molecule has 0 aliphatic carbocycles. The third-order valence-electron chi connectivity index (χ3n) is 10.8. The van der Waals surface area contributed by atoms with Gasteiger partial charge in [-0.1, -0.05) is 216 Å². The highest BCUT2D eigenvalue weighted by atomic mass is 16.6. The number of allylic oxidation sites excluding steroid dienone is 10. The van der Waals surface area contributed by atoms with Crippen LogP contribution < -0.4 is 0 Å². The van der Waals surface area contributed by atoms with Crippen LogP contribution in [0.3, 0.4) is 0 Å². The monoisotopic (exact) mass is 839 g/mol. The van der Waals surface area contributed by atoms with Crippen molar-refractivity contribution in [2.45, 2.75) is 252 Å². The highest BCUT2D eigenvalue weighted by Crippen LogP contribution is 2.14. The van der Waals surface area contributed by atoms with Crippen LogP contribution in [0.15, 0.2) is 60.8 Å². The molecule has 346 valence electrons. The molecule has 60 heavy (non-hydrogen) atoms. The molecule has 1 atom stereocenters. The molecule has 0 saturated carbocycles. The summed E-state index contributed by atoms with van der Waals surface area (Å²) in [5.74, 6) is -0.985. The van der Waals surface area contributed by atoms with Crippen molar-refractivity contribution in [1.82, 2.24) is 0 Å². The van der Waals surface area contributed by atoms with Gasteiger partial charge in [-0.15, -0.1) is 0 Å². The Morgan fingerprint density at radius 3 is 1.08 bits per heavy atom. The summed E-state index contributed by atoms with van der Waals surface area (Å²) in [6.07, 6.45) is 59.4. The van der Waals surface area contributed by atoms with Crippen molar-refractivity contribution in [1.29, 1.82) is 0 Å². The first kappa shape index (κ1) is 57.1. The highest BCUT2D eigenvalue weighted by molar-refractivity contribution is 5.71. The Balaban J connectivity index is 4.37. The molecule has 0 N–H and O–H groups in total. The van der Waals surface area contributed by atoms with Gasteiger partial charge in [-0.2, -0.15) is 0 Å². The van der Waals surface area contributed by atoms with Gasteiger partial charge >= 0.3 is 17.9 Å². The minimum Gasteiger partial charge on any atom is -0.462 e. The van der Waals surface area contributed by atoms with Gasteiger partial charge in [-0.25, -0.2) is 0 Å². The van der Waals surface area contributed by atoms with Crippen LogP contribution in [-0.2, 0) is 28.6 Å². The molecule has 0 aromatic rings. The molecule has 0 rings (SSSR count). The van der Waals surface area contributed by atoms with Gasteiger partial charge in [-0.3, -0.25) is 14.4 Å². The van der Waals surface area contributed by atoms with Crippen LogP contribution in [0.25, 0.3) is 0 Å². The van der Waals surface area contributed by atoms with E-state index in [9.17, 15) is 14.4 Å². The highest BCUT2D eigenvalue weighted by Gasteiger charge is 2.19. The van der Waals surface area contributed by atoms with E-state index < -0.39 is 6.10 Å². The zero-order chi connectivity index (χ0) is 43.7. The van der Waals surface area contributed by atoms with E-state index in [1.54, 1.807) is 0 Å². The van der Waals surface area contributed by atoms with Crippen LogP contribution in [-0.4, -0.2) is 37.2 Å².